The zero-order valence-corrected chi connectivity index (χ0v) is 13.0. The highest BCUT2D eigenvalue weighted by molar-refractivity contribution is 5.92. The van der Waals surface area contributed by atoms with Gasteiger partial charge in [0.2, 0.25) is 0 Å². The molecule has 1 saturated heterocycles. The van der Waals surface area contributed by atoms with Crippen molar-refractivity contribution in [3.05, 3.63) is 17.5 Å². The van der Waals surface area contributed by atoms with Crippen molar-refractivity contribution in [1.82, 2.24) is 25.3 Å². The first-order chi connectivity index (χ1) is 9.16. The fourth-order valence-corrected chi connectivity index (χ4v) is 2.35. The molecule has 1 amide bonds. The molecule has 1 aliphatic heterocycles. The maximum Gasteiger partial charge on any atom is 0.269 e. The average Bonchev–Trinajstić information content (AvgIpc) is 2.75. The Morgan fingerprint density at radius 3 is 2.75 bits per heavy atom. The van der Waals surface area contributed by atoms with E-state index in [1.807, 2.05) is 13.0 Å². The van der Waals surface area contributed by atoms with E-state index in [9.17, 15) is 4.79 Å². The molecule has 2 rings (SSSR count). The van der Waals surface area contributed by atoms with E-state index in [0.29, 0.717) is 12.2 Å². The molecule has 0 atom stereocenters. The molecule has 2 N–H and O–H groups in total. The van der Waals surface area contributed by atoms with Crippen LogP contribution < -0.4 is 10.6 Å². The van der Waals surface area contributed by atoms with E-state index < -0.39 is 0 Å². The number of aromatic nitrogens is 2. The van der Waals surface area contributed by atoms with Gasteiger partial charge in [-0.3, -0.25) is 9.48 Å². The van der Waals surface area contributed by atoms with Crippen molar-refractivity contribution in [2.45, 2.75) is 13.3 Å². The molecule has 0 aromatic carbocycles. The average molecular weight is 302 g/mol. The van der Waals surface area contributed by atoms with Crippen LogP contribution >= 0.6 is 12.4 Å². The lowest BCUT2D eigenvalue weighted by Gasteiger charge is -2.27. The fraction of sp³-hybridized carbons (Fsp3) is 0.692. The third-order valence-corrected chi connectivity index (χ3v) is 3.38. The molecule has 0 saturated carbocycles. The van der Waals surface area contributed by atoms with Gasteiger partial charge in [0.1, 0.15) is 5.69 Å². The van der Waals surface area contributed by atoms with Gasteiger partial charge in [-0.25, -0.2) is 0 Å². The summed E-state index contributed by atoms with van der Waals surface area (Å²) >= 11 is 0. The first-order valence-corrected chi connectivity index (χ1v) is 6.89. The number of carbonyl (C=O) groups excluding carboxylic acids is 1. The monoisotopic (exact) mass is 301 g/mol. The highest BCUT2D eigenvalue weighted by Gasteiger charge is 2.12. The maximum absolute atomic E-state index is 11.9. The largest absolute Gasteiger partial charge is 0.351 e. The summed E-state index contributed by atoms with van der Waals surface area (Å²) in [7, 11) is 1.79. The highest BCUT2D eigenvalue weighted by atomic mass is 35.5. The van der Waals surface area contributed by atoms with E-state index in [0.717, 1.165) is 44.8 Å². The molecule has 1 aromatic heterocycles. The van der Waals surface area contributed by atoms with Gasteiger partial charge in [0, 0.05) is 39.8 Å². The van der Waals surface area contributed by atoms with Crippen molar-refractivity contribution in [2.75, 3.05) is 39.3 Å². The van der Waals surface area contributed by atoms with Crippen LogP contribution in [0.1, 0.15) is 22.6 Å². The molecule has 1 aliphatic rings. The van der Waals surface area contributed by atoms with E-state index in [1.54, 1.807) is 11.7 Å². The molecule has 1 aromatic rings. The molecule has 20 heavy (non-hydrogen) atoms. The Labute approximate surface area is 126 Å². The fourth-order valence-electron chi connectivity index (χ4n) is 2.35. The number of carbonyl (C=O) groups is 1. The van der Waals surface area contributed by atoms with Crippen LogP contribution in [0.5, 0.6) is 0 Å². The Morgan fingerprint density at radius 1 is 1.45 bits per heavy atom. The SMILES string of the molecule is Cc1cc(C(=O)NCCCN2CCNCC2)n(C)n1.Cl. The third kappa shape index (κ3) is 4.77. The Balaban J connectivity index is 0.00000200. The van der Waals surface area contributed by atoms with Gasteiger partial charge in [-0.1, -0.05) is 0 Å². The van der Waals surface area contributed by atoms with Gasteiger partial charge in [-0.15, -0.1) is 12.4 Å². The Hall–Kier alpha value is -1.11. The molecule has 2 heterocycles. The standard InChI is InChI=1S/C13H23N5O.ClH/c1-11-10-12(17(2)16-11)13(19)15-4-3-7-18-8-5-14-6-9-18;/h10,14H,3-9H2,1-2H3,(H,15,19);1H. The summed E-state index contributed by atoms with van der Waals surface area (Å²) in [5.74, 6) is -0.0385. The lowest BCUT2D eigenvalue weighted by molar-refractivity contribution is 0.0942. The quantitative estimate of drug-likeness (QED) is 0.762. The van der Waals surface area contributed by atoms with E-state index in [4.69, 9.17) is 0 Å². The van der Waals surface area contributed by atoms with Gasteiger partial charge in [0.15, 0.2) is 0 Å². The normalized spacial score (nSPS) is 15.7. The lowest BCUT2D eigenvalue weighted by atomic mass is 10.3. The first-order valence-electron chi connectivity index (χ1n) is 6.89. The Kier molecular flexibility index (Phi) is 6.98. The second-order valence-corrected chi connectivity index (χ2v) is 5.00. The van der Waals surface area contributed by atoms with Crippen LogP contribution in [0.25, 0.3) is 0 Å². The summed E-state index contributed by atoms with van der Waals surface area (Å²) in [4.78, 5) is 14.4. The molecule has 0 radical (unpaired) electrons. The van der Waals surface area contributed by atoms with Crippen molar-refractivity contribution < 1.29 is 4.79 Å². The van der Waals surface area contributed by atoms with E-state index >= 15 is 0 Å². The molecule has 114 valence electrons. The van der Waals surface area contributed by atoms with Gasteiger partial charge in [-0.05, 0) is 26.0 Å². The van der Waals surface area contributed by atoms with Gasteiger partial charge < -0.3 is 15.5 Å². The zero-order valence-electron chi connectivity index (χ0n) is 12.2. The number of piperazine rings is 1. The summed E-state index contributed by atoms with van der Waals surface area (Å²) in [6.07, 6.45) is 0.989. The van der Waals surface area contributed by atoms with Gasteiger partial charge in [-0.2, -0.15) is 5.10 Å². The topological polar surface area (TPSA) is 62.2 Å². The van der Waals surface area contributed by atoms with Gasteiger partial charge >= 0.3 is 0 Å². The lowest BCUT2D eigenvalue weighted by Crippen LogP contribution is -2.44. The van der Waals surface area contributed by atoms with Crippen LogP contribution in [0.15, 0.2) is 6.07 Å². The van der Waals surface area contributed by atoms with Crippen LogP contribution in [-0.4, -0.2) is 59.9 Å². The van der Waals surface area contributed by atoms with E-state index in [2.05, 4.69) is 20.6 Å². The molecular formula is C13H24ClN5O. The number of amides is 1. The number of nitrogens with zero attached hydrogens (tertiary/aromatic N) is 3. The molecule has 6 nitrogen and oxygen atoms in total. The first kappa shape index (κ1) is 16.9. The number of aryl methyl sites for hydroxylation is 2. The molecule has 0 spiro atoms. The second-order valence-electron chi connectivity index (χ2n) is 5.00. The van der Waals surface area contributed by atoms with Crippen LogP contribution in [-0.2, 0) is 7.05 Å². The summed E-state index contributed by atoms with van der Waals surface area (Å²) in [5.41, 5.74) is 1.49. The molecule has 0 bridgehead atoms. The molecule has 7 heteroatoms. The van der Waals surface area contributed by atoms with Crippen molar-refractivity contribution in [3.8, 4) is 0 Å². The van der Waals surface area contributed by atoms with Crippen molar-refractivity contribution >= 4 is 18.3 Å². The third-order valence-electron chi connectivity index (χ3n) is 3.38. The highest BCUT2D eigenvalue weighted by Crippen LogP contribution is 2.01. The van der Waals surface area contributed by atoms with Crippen LogP contribution in [0, 0.1) is 6.92 Å². The number of rotatable bonds is 5. The Bertz CT molecular complexity index is 428. The zero-order chi connectivity index (χ0) is 13.7. The van der Waals surface area contributed by atoms with E-state index in [1.165, 1.54) is 0 Å². The summed E-state index contributed by atoms with van der Waals surface area (Å²) in [5, 5.41) is 10.5. The minimum atomic E-state index is -0.0385. The summed E-state index contributed by atoms with van der Waals surface area (Å²) < 4.78 is 1.63. The molecule has 1 fully saturated rings. The van der Waals surface area contributed by atoms with Crippen LogP contribution in [0.2, 0.25) is 0 Å². The van der Waals surface area contributed by atoms with Crippen LogP contribution in [0.4, 0.5) is 0 Å². The Morgan fingerprint density at radius 2 is 2.15 bits per heavy atom. The second kappa shape index (κ2) is 8.24. The molecule has 0 aliphatic carbocycles. The number of hydrogen-bond donors (Lipinski definition) is 2. The number of hydrogen-bond acceptors (Lipinski definition) is 4. The van der Waals surface area contributed by atoms with Gasteiger partial charge in [0.05, 0.1) is 5.69 Å². The molecule has 0 unspecified atom stereocenters. The number of nitrogens with one attached hydrogen (secondary N) is 2. The van der Waals surface area contributed by atoms with Crippen molar-refractivity contribution in [2.24, 2.45) is 7.05 Å². The smallest absolute Gasteiger partial charge is 0.269 e. The van der Waals surface area contributed by atoms with Crippen molar-refractivity contribution in [1.29, 1.82) is 0 Å². The van der Waals surface area contributed by atoms with Gasteiger partial charge in [0.25, 0.3) is 5.91 Å². The van der Waals surface area contributed by atoms with E-state index in [-0.39, 0.29) is 18.3 Å². The molecular weight excluding hydrogens is 278 g/mol. The number of halogens is 1. The summed E-state index contributed by atoms with van der Waals surface area (Å²) in [6, 6.07) is 1.81. The maximum atomic E-state index is 11.9. The van der Waals surface area contributed by atoms with Crippen molar-refractivity contribution in [3.63, 3.8) is 0 Å². The summed E-state index contributed by atoms with van der Waals surface area (Å²) in [6.45, 7) is 8.01. The van der Waals surface area contributed by atoms with Crippen LogP contribution in [0.3, 0.4) is 0 Å². The predicted molar refractivity (Wildman–Crippen MR) is 81.5 cm³/mol. The predicted octanol–water partition coefficient (Wildman–Crippen LogP) is 0.175. The minimum absolute atomic E-state index is 0. The minimum Gasteiger partial charge on any atom is -0.351 e.